The Labute approximate surface area is 134 Å². The Morgan fingerprint density at radius 1 is 1.52 bits per heavy atom. The molecule has 0 amide bonds. The van der Waals surface area contributed by atoms with Crippen LogP contribution in [0, 0.1) is 5.21 Å². The van der Waals surface area contributed by atoms with Crippen molar-refractivity contribution in [2.24, 2.45) is 5.16 Å². The fraction of sp³-hybridized carbons (Fsp3) is 0.154. The van der Waals surface area contributed by atoms with Crippen LogP contribution in [0.25, 0.3) is 11.0 Å². The first-order valence-corrected chi connectivity index (χ1v) is 7.53. The van der Waals surface area contributed by atoms with E-state index < -0.39 is 5.91 Å². The van der Waals surface area contributed by atoms with Crippen LogP contribution >= 0.6 is 11.3 Å². The lowest BCUT2D eigenvalue weighted by Crippen LogP contribution is -2.33. The molecular weight excluding hydrogens is 320 g/mol. The topological polar surface area (TPSA) is 122 Å². The number of benzene rings is 1. The van der Waals surface area contributed by atoms with Gasteiger partial charge < -0.3 is 15.8 Å². The predicted octanol–water partition coefficient (Wildman–Crippen LogP) is 0.789. The molecule has 0 saturated carbocycles. The quantitative estimate of drug-likeness (QED) is 0.326. The minimum Gasteiger partial charge on any atom is -0.691 e. The number of rotatable bonds is 4. The molecule has 0 aliphatic carbocycles. The van der Waals surface area contributed by atoms with Crippen molar-refractivity contribution in [3.63, 3.8) is 0 Å². The van der Waals surface area contributed by atoms with E-state index in [0.29, 0.717) is 15.5 Å². The highest BCUT2D eigenvalue weighted by atomic mass is 32.1. The number of oxime groups is 1. The van der Waals surface area contributed by atoms with Gasteiger partial charge in [0.15, 0.2) is 5.13 Å². The summed E-state index contributed by atoms with van der Waals surface area (Å²) >= 11 is 1.17. The molecule has 9 nitrogen and oxygen atoms in total. The number of nitrogen functional groups attached to an aromatic ring is 1. The van der Waals surface area contributed by atoms with Crippen molar-refractivity contribution in [2.75, 3.05) is 12.3 Å². The van der Waals surface area contributed by atoms with Crippen LogP contribution in [0.1, 0.15) is 17.4 Å². The highest BCUT2D eigenvalue weighted by molar-refractivity contribution is 7.13. The molecule has 0 saturated heterocycles. The maximum Gasteiger partial charge on any atom is 0.390 e. The van der Waals surface area contributed by atoms with Crippen molar-refractivity contribution < 1.29 is 14.5 Å². The van der Waals surface area contributed by atoms with Gasteiger partial charge in [-0.3, -0.25) is 0 Å². The summed E-state index contributed by atoms with van der Waals surface area (Å²) in [5.74, 6) is -0.630. The van der Waals surface area contributed by atoms with Gasteiger partial charge in [-0.25, -0.2) is 9.78 Å². The zero-order chi connectivity index (χ0) is 16.4. The fourth-order valence-corrected chi connectivity index (χ4v) is 2.50. The van der Waals surface area contributed by atoms with E-state index in [0.717, 1.165) is 4.68 Å². The van der Waals surface area contributed by atoms with E-state index >= 15 is 0 Å². The normalized spacial score (nSPS) is 11.8. The van der Waals surface area contributed by atoms with Crippen LogP contribution in [0.3, 0.4) is 0 Å². The summed E-state index contributed by atoms with van der Waals surface area (Å²) in [6, 6.07) is 6.57. The lowest BCUT2D eigenvalue weighted by molar-refractivity contribution is -0.645. The molecule has 10 heteroatoms. The molecule has 0 fully saturated rings. The number of hydrogen-bond donors (Lipinski definition) is 1. The molecule has 0 bridgehead atoms. The monoisotopic (exact) mass is 332 g/mol. The summed E-state index contributed by atoms with van der Waals surface area (Å²) in [7, 11) is 0. The number of carbonyl (C=O) groups is 1. The molecule has 0 atom stereocenters. The number of carbonyl (C=O) groups excluding carboxylic acids is 1. The number of fused-ring (bicyclic) bond motifs is 1. The van der Waals surface area contributed by atoms with E-state index in [1.54, 1.807) is 36.6 Å². The molecular formula is C13H12N6O3S. The summed E-state index contributed by atoms with van der Waals surface area (Å²) < 4.78 is 0.968. The molecule has 0 unspecified atom stereocenters. The van der Waals surface area contributed by atoms with Crippen molar-refractivity contribution in [1.29, 1.82) is 0 Å². The minimum absolute atomic E-state index is 0.0753. The smallest absolute Gasteiger partial charge is 0.390 e. The second-order valence-corrected chi connectivity index (χ2v) is 5.29. The van der Waals surface area contributed by atoms with Crippen LogP contribution in [0.15, 0.2) is 34.8 Å². The molecule has 2 aromatic heterocycles. The van der Waals surface area contributed by atoms with Crippen molar-refractivity contribution in [3.8, 4) is 0 Å². The number of anilines is 1. The molecule has 0 radical (unpaired) electrons. The summed E-state index contributed by atoms with van der Waals surface area (Å²) in [4.78, 5) is 22.1. The van der Waals surface area contributed by atoms with Gasteiger partial charge in [0.25, 0.3) is 0 Å². The van der Waals surface area contributed by atoms with Crippen LogP contribution in [0.2, 0.25) is 0 Å². The largest absolute Gasteiger partial charge is 0.691 e. The average molecular weight is 332 g/mol. The molecule has 0 aliphatic heterocycles. The molecule has 2 N–H and O–H groups in total. The van der Waals surface area contributed by atoms with Gasteiger partial charge in [0.1, 0.15) is 17.5 Å². The van der Waals surface area contributed by atoms with Crippen LogP contribution in [0.4, 0.5) is 5.13 Å². The maximum atomic E-state index is 12.7. The molecule has 118 valence electrons. The summed E-state index contributed by atoms with van der Waals surface area (Å²) in [5.41, 5.74) is 6.43. The van der Waals surface area contributed by atoms with E-state index in [-0.39, 0.29) is 23.5 Å². The second kappa shape index (κ2) is 6.01. The van der Waals surface area contributed by atoms with E-state index in [2.05, 4.69) is 15.4 Å². The summed E-state index contributed by atoms with van der Waals surface area (Å²) in [5, 5.41) is 21.2. The Balaban J connectivity index is 2.10. The van der Waals surface area contributed by atoms with E-state index in [4.69, 9.17) is 10.6 Å². The first-order valence-electron chi connectivity index (χ1n) is 6.65. The molecule has 3 aromatic rings. The van der Waals surface area contributed by atoms with Gasteiger partial charge >= 0.3 is 5.91 Å². The third-order valence-corrected chi connectivity index (χ3v) is 3.61. The second-order valence-electron chi connectivity index (χ2n) is 4.40. The van der Waals surface area contributed by atoms with Crippen molar-refractivity contribution in [3.05, 3.63) is 40.5 Å². The highest BCUT2D eigenvalue weighted by Crippen LogP contribution is 2.15. The molecule has 2 heterocycles. The van der Waals surface area contributed by atoms with E-state index in [1.807, 2.05) is 0 Å². The molecule has 1 aromatic carbocycles. The van der Waals surface area contributed by atoms with Gasteiger partial charge in [0, 0.05) is 5.38 Å². The van der Waals surface area contributed by atoms with Crippen LogP contribution in [0.5, 0.6) is 0 Å². The molecule has 3 rings (SSSR count). The molecule has 0 spiro atoms. The van der Waals surface area contributed by atoms with E-state index in [1.165, 1.54) is 11.3 Å². The van der Waals surface area contributed by atoms with Crippen LogP contribution in [-0.2, 0) is 4.84 Å². The molecule has 0 aliphatic rings. The fourth-order valence-electron chi connectivity index (χ4n) is 1.95. The van der Waals surface area contributed by atoms with Gasteiger partial charge in [0.2, 0.25) is 16.7 Å². The zero-order valence-corrected chi connectivity index (χ0v) is 12.9. The number of aromatic nitrogens is 4. The first-order chi connectivity index (χ1) is 11.1. The number of nitrogens with zero attached hydrogens (tertiary/aromatic N) is 5. The van der Waals surface area contributed by atoms with Crippen molar-refractivity contribution in [1.82, 2.24) is 14.9 Å². The maximum absolute atomic E-state index is 12.7. The lowest BCUT2D eigenvalue weighted by Gasteiger charge is -1.99. The average Bonchev–Trinajstić information content (AvgIpc) is 3.12. The SMILES string of the molecule is CCON=C(C(=O)n1n[n+]([O-])c2ccccc21)c1csc(N)n1. The van der Waals surface area contributed by atoms with Gasteiger partial charge in [-0.2, -0.15) is 0 Å². The number of para-hydroxylation sites is 2. The van der Waals surface area contributed by atoms with Gasteiger partial charge in [0.05, 0.1) is 0 Å². The third kappa shape index (κ3) is 2.71. The Kier molecular flexibility index (Phi) is 3.89. The van der Waals surface area contributed by atoms with Gasteiger partial charge in [-0.05, 0) is 19.1 Å². The Morgan fingerprint density at radius 2 is 2.30 bits per heavy atom. The summed E-state index contributed by atoms with van der Waals surface area (Å²) in [6.45, 7) is 2.01. The van der Waals surface area contributed by atoms with Gasteiger partial charge in [-0.15, -0.1) is 16.2 Å². The molecule has 23 heavy (non-hydrogen) atoms. The highest BCUT2D eigenvalue weighted by Gasteiger charge is 2.29. The van der Waals surface area contributed by atoms with Crippen molar-refractivity contribution >= 4 is 39.1 Å². The number of hydrogen-bond acceptors (Lipinski definition) is 8. The number of thiazole rings is 1. The van der Waals surface area contributed by atoms with Gasteiger partial charge in [-0.1, -0.05) is 22.0 Å². The summed E-state index contributed by atoms with van der Waals surface area (Å²) in [6.07, 6.45) is 0. The van der Waals surface area contributed by atoms with E-state index in [9.17, 15) is 10.0 Å². The Morgan fingerprint density at radius 3 is 3.00 bits per heavy atom. The van der Waals surface area contributed by atoms with Crippen molar-refractivity contribution in [2.45, 2.75) is 6.92 Å². The van der Waals surface area contributed by atoms with Crippen LogP contribution < -0.4 is 10.6 Å². The third-order valence-electron chi connectivity index (χ3n) is 2.93. The lowest BCUT2D eigenvalue weighted by atomic mass is 10.2. The zero-order valence-electron chi connectivity index (χ0n) is 12.0. The number of nitrogens with two attached hydrogens (primary N) is 1. The Bertz CT molecular complexity index is 900. The minimum atomic E-state index is -0.630. The van der Waals surface area contributed by atoms with Crippen LogP contribution in [-0.4, -0.2) is 33.1 Å². The predicted molar refractivity (Wildman–Crippen MR) is 84.0 cm³/mol. The first kappa shape index (κ1) is 14.9. The Hall–Kier alpha value is -3.01. The standard InChI is InChI=1S/C13H12N6O3S/c1-2-22-16-11(8-7-23-13(14)15-8)12(20)18-9-5-3-4-6-10(9)19(21)17-18/h3-7H,2H2,1H3,(H2,14,15).